The van der Waals surface area contributed by atoms with Gasteiger partial charge >= 0.3 is 6.03 Å². The lowest BCUT2D eigenvalue weighted by Gasteiger charge is -2.36. The highest BCUT2D eigenvalue weighted by molar-refractivity contribution is 5.89. The summed E-state index contributed by atoms with van der Waals surface area (Å²) in [4.78, 5) is 18.8. The molecular weight excluding hydrogens is 312 g/mol. The van der Waals surface area contributed by atoms with Gasteiger partial charge in [0, 0.05) is 42.8 Å². The van der Waals surface area contributed by atoms with Crippen LogP contribution >= 0.6 is 0 Å². The summed E-state index contributed by atoms with van der Waals surface area (Å²) < 4.78 is 0. The van der Waals surface area contributed by atoms with Gasteiger partial charge in [-0.3, -0.25) is 9.88 Å². The first-order valence-corrected chi connectivity index (χ1v) is 8.91. The molecule has 1 unspecified atom stereocenters. The summed E-state index contributed by atoms with van der Waals surface area (Å²) in [5.41, 5.74) is 3.01. The summed E-state index contributed by atoms with van der Waals surface area (Å²) in [5, 5.41) is 5.98. The number of aromatic nitrogens is 1. The van der Waals surface area contributed by atoms with Crippen LogP contribution in [0.25, 0.3) is 0 Å². The molecule has 1 atom stereocenters. The quantitative estimate of drug-likeness (QED) is 0.893. The number of rotatable bonds is 4. The van der Waals surface area contributed by atoms with Gasteiger partial charge < -0.3 is 10.6 Å². The monoisotopic (exact) mass is 338 g/mol. The van der Waals surface area contributed by atoms with Crippen LogP contribution in [0.4, 0.5) is 10.5 Å². The predicted molar refractivity (Wildman–Crippen MR) is 101 cm³/mol. The highest BCUT2D eigenvalue weighted by Gasteiger charge is 2.24. The SMILES string of the molecule is Cc1cc(NC(=O)NC2CCN(C(C)c3ccccc3)CC2)ccn1. The number of aryl methyl sites for hydroxylation is 1. The fraction of sp³-hybridized carbons (Fsp3) is 0.400. The number of carbonyl (C=O) groups is 1. The van der Waals surface area contributed by atoms with E-state index in [-0.39, 0.29) is 12.1 Å². The maximum absolute atomic E-state index is 12.2. The van der Waals surface area contributed by atoms with Crippen LogP contribution < -0.4 is 10.6 Å². The zero-order chi connectivity index (χ0) is 17.6. The molecule has 2 amide bonds. The second-order valence-electron chi connectivity index (χ2n) is 6.68. The molecule has 0 spiro atoms. The molecule has 2 N–H and O–H groups in total. The lowest BCUT2D eigenvalue weighted by molar-refractivity contribution is 0.154. The molecule has 132 valence electrons. The Bertz CT molecular complexity index is 696. The molecule has 25 heavy (non-hydrogen) atoms. The number of carbonyl (C=O) groups excluding carboxylic acids is 1. The van der Waals surface area contributed by atoms with Crippen LogP contribution in [-0.4, -0.2) is 35.0 Å². The maximum Gasteiger partial charge on any atom is 0.319 e. The number of nitrogens with zero attached hydrogens (tertiary/aromatic N) is 2. The first kappa shape index (κ1) is 17.4. The van der Waals surface area contributed by atoms with E-state index in [1.54, 1.807) is 12.3 Å². The molecule has 2 heterocycles. The minimum atomic E-state index is -0.139. The summed E-state index contributed by atoms with van der Waals surface area (Å²) in [7, 11) is 0. The number of pyridine rings is 1. The number of benzene rings is 1. The van der Waals surface area contributed by atoms with Crippen molar-refractivity contribution in [1.29, 1.82) is 0 Å². The van der Waals surface area contributed by atoms with Crippen molar-refractivity contribution in [2.24, 2.45) is 0 Å². The first-order valence-electron chi connectivity index (χ1n) is 8.91. The van der Waals surface area contributed by atoms with Gasteiger partial charge in [-0.25, -0.2) is 4.79 Å². The third-order valence-electron chi connectivity index (χ3n) is 4.85. The van der Waals surface area contributed by atoms with E-state index in [0.29, 0.717) is 6.04 Å². The van der Waals surface area contributed by atoms with Crippen LogP contribution in [0.1, 0.15) is 37.1 Å². The molecule has 1 saturated heterocycles. The van der Waals surface area contributed by atoms with Crippen LogP contribution in [-0.2, 0) is 0 Å². The van der Waals surface area contributed by atoms with E-state index in [0.717, 1.165) is 37.3 Å². The highest BCUT2D eigenvalue weighted by atomic mass is 16.2. The number of likely N-dealkylation sites (tertiary alicyclic amines) is 1. The van der Waals surface area contributed by atoms with E-state index in [4.69, 9.17) is 0 Å². The number of hydrogen-bond donors (Lipinski definition) is 2. The van der Waals surface area contributed by atoms with Gasteiger partial charge in [0.15, 0.2) is 0 Å². The highest BCUT2D eigenvalue weighted by Crippen LogP contribution is 2.24. The Morgan fingerprint density at radius 2 is 1.92 bits per heavy atom. The molecule has 1 aliphatic heterocycles. The van der Waals surface area contributed by atoms with Gasteiger partial charge in [-0.2, -0.15) is 0 Å². The Labute approximate surface area is 149 Å². The summed E-state index contributed by atoms with van der Waals surface area (Å²) in [5.74, 6) is 0. The number of urea groups is 1. The predicted octanol–water partition coefficient (Wildman–Crippen LogP) is 3.74. The van der Waals surface area contributed by atoms with Crippen LogP contribution in [0, 0.1) is 6.92 Å². The first-order chi connectivity index (χ1) is 12.1. The van der Waals surface area contributed by atoms with Crippen LogP contribution in [0.3, 0.4) is 0 Å². The third-order valence-corrected chi connectivity index (χ3v) is 4.85. The van der Waals surface area contributed by atoms with Gasteiger partial charge in [-0.05, 0) is 44.4 Å². The van der Waals surface area contributed by atoms with Gasteiger partial charge in [0.05, 0.1) is 0 Å². The fourth-order valence-corrected chi connectivity index (χ4v) is 3.35. The van der Waals surface area contributed by atoms with Gasteiger partial charge in [0.1, 0.15) is 0 Å². The Balaban J connectivity index is 1.47. The zero-order valence-corrected chi connectivity index (χ0v) is 14.9. The van der Waals surface area contributed by atoms with E-state index < -0.39 is 0 Å². The molecule has 1 aromatic heterocycles. The van der Waals surface area contributed by atoms with E-state index in [9.17, 15) is 4.79 Å². The van der Waals surface area contributed by atoms with E-state index in [1.807, 2.05) is 13.0 Å². The van der Waals surface area contributed by atoms with Crippen molar-refractivity contribution in [3.63, 3.8) is 0 Å². The van der Waals surface area contributed by atoms with Crippen molar-refractivity contribution >= 4 is 11.7 Å². The number of hydrogen-bond acceptors (Lipinski definition) is 3. The molecule has 0 radical (unpaired) electrons. The molecular formula is C20H26N4O. The average Bonchev–Trinajstić information content (AvgIpc) is 2.62. The molecule has 0 aliphatic carbocycles. The standard InChI is InChI=1S/C20H26N4O/c1-15-14-19(8-11-21-15)23-20(25)22-18-9-12-24(13-10-18)16(2)17-6-4-3-5-7-17/h3-8,11,14,16,18H,9-10,12-13H2,1-2H3,(H2,21,22,23,25). The molecule has 5 heteroatoms. The minimum Gasteiger partial charge on any atom is -0.335 e. The molecule has 2 aromatic rings. The largest absolute Gasteiger partial charge is 0.335 e. The molecule has 1 fully saturated rings. The molecule has 1 aromatic carbocycles. The summed E-state index contributed by atoms with van der Waals surface area (Å²) in [6, 6.07) is 14.8. The number of nitrogens with one attached hydrogen (secondary N) is 2. The number of piperidine rings is 1. The Hall–Kier alpha value is -2.40. The van der Waals surface area contributed by atoms with Crippen molar-refractivity contribution in [1.82, 2.24) is 15.2 Å². The maximum atomic E-state index is 12.2. The Morgan fingerprint density at radius 3 is 2.60 bits per heavy atom. The number of anilines is 1. The van der Waals surface area contributed by atoms with E-state index in [1.165, 1.54) is 5.56 Å². The van der Waals surface area contributed by atoms with Crippen molar-refractivity contribution in [2.75, 3.05) is 18.4 Å². The van der Waals surface area contributed by atoms with Crippen molar-refractivity contribution in [2.45, 2.75) is 38.8 Å². The van der Waals surface area contributed by atoms with Gasteiger partial charge in [0.25, 0.3) is 0 Å². The molecule has 0 bridgehead atoms. The molecule has 1 aliphatic rings. The lowest BCUT2D eigenvalue weighted by atomic mass is 10.0. The van der Waals surface area contributed by atoms with Gasteiger partial charge in [0.2, 0.25) is 0 Å². The van der Waals surface area contributed by atoms with Crippen LogP contribution in [0.15, 0.2) is 48.7 Å². The summed E-state index contributed by atoms with van der Waals surface area (Å²) in [6.07, 6.45) is 3.65. The summed E-state index contributed by atoms with van der Waals surface area (Å²) in [6.45, 7) is 6.15. The van der Waals surface area contributed by atoms with Gasteiger partial charge in [-0.1, -0.05) is 30.3 Å². The molecule has 5 nitrogen and oxygen atoms in total. The van der Waals surface area contributed by atoms with Crippen LogP contribution in [0.2, 0.25) is 0 Å². The Morgan fingerprint density at radius 1 is 1.20 bits per heavy atom. The molecule has 3 rings (SSSR count). The normalized spacial score (nSPS) is 17.0. The molecule has 0 saturated carbocycles. The minimum absolute atomic E-state index is 0.139. The third kappa shape index (κ3) is 4.79. The van der Waals surface area contributed by atoms with Crippen molar-refractivity contribution in [3.05, 3.63) is 59.9 Å². The zero-order valence-electron chi connectivity index (χ0n) is 14.9. The van der Waals surface area contributed by atoms with Crippen molar-refractivity contribution in [3.8, 4) is 0 Å². The smallest absolute Gasteiger partial charge is 0.319 e. The average molecular weight is 338 g/mol. The fourth-order valence-electron chi connectivity index (χ4n) is 3.35. The van der Waals surface area contributed by atoms with Crippen molar-refractivity contribution < 1.29 is 4.79 Å². The van der Waals surface area contributed by atoms with Gasteiger partial charge in [-0.15, -0.1) is 0 Å². The second-order valence-corrected chi connectivity index (χ2v) is 6.68. The lowest BCUT2D eigenvalue weighted by Crippen LogP contribution is -2.46. The second kappa shape index (κ2) is 8.12. The summed E-state index contributed by atoms with van der Waals surface area (Å²) >= 11 is 0. The van der Waals surface area contributed by atoms with Crippen LogP contribution in [0.5, 0.6) is 0 Å². The van der Waals surface area contributed by atoms with E-state index >= 15 is 0 Å². The number of amides is 2. The topological polar surface area (TPSA) is 57.3 Å². The van der Waals surface area contributed by atoms with E-state index in [2.05, 4.69) is 57.8 Å². The Kier molecular flexibility index (Phi) is 5.66.